The maximum Gasteiger partial charge on any atom is 0.272 e. The van der Waals surface area contributed by atoms with Crippen molar-refractivity contribution < 1.29 is 9.21 Å². The molecule has 4 aromatic rings. The van der Waals surface area contributed by atoms with E-state index in [1.54, 1.807) is 12.3 Å². The Hall–Kier alpha value is -3.27. The summed E-state index contributed by atoms with van der Waals surface area (Å²) in [7, 11) is 0. The summed E-state index contributed by atoms with van der Waals surface area (Å²) in [6.45, 7) is 4.72. The smallest absolute Gasteiger partial charge is 0.272 e. The number of anilines is 1. The summed E-state index contributed by atoms with van der Waals surface area (Å²) in [5, 5.41) is 2.98. The van der Waals surface area contributed by atoms with Gasteiger partial charge in [0.2, 0.25) is 0 Å². The minimum absolute atomic E-state index is 0.145. The number of nitrogens with zero attached hydrogens (tertiary/aromatic N) is 1. The molecule has 0 aliphatic heterocycles. The quantitative estimate of drug-likeness (QED) is 0.556. The summed E-state index contributed by atoms with van der Waals surface area (Å²) in [6.07, 6.45) is 1.65. The van der Waals surface area contributed by atoms with Gasteiger partial charge in [0, 0.05) is 24.4 Å². The number of carbonyl (C=O) groups is 1. The van der Waals surface area contributed by atoms with Gasteiger partial charge < -0.3 is 14.3 Å². The van der Waals surface area contributed by atoms with Gasteiger partial charge in [0.25, 0.3) is 5.91 Å². The van der Waals surface area contributed by atoms with Gasteiger partial charge in [-0.3, -0.25) is 4.79 Å². The number of aromatic nitrogens is 1. The number of benzene rings is 2. The third-order valence-corrected chi connectivity index (χ3v) is 4.65. The first-order valence-corrected chi connectivity index (χ1v) is 8.61. The highest BCUT2D eigenvalue weighted by Gasteiger charge is 2.18. The number of aryl methyl sites for hydroxylation is 2. The van der Waals surface area contributed by atoms with Gasteiger partial charge in [-0.05, 0) is 37.1 Å². The average molecular weight is 344 g/mol. The van der Waals surface area contributed by atoms with E-state index in [9.17, 15) is 4.79 Å². The number of hydrogen-bond acceptors (Lipinski definition) is 2. The van der Waals surface area contributed by atoms with Crippen molar-refractivity contribution in [3.05, 3.63) is 89.3 Å². The van der Waals surface area contributed by atoms with E-state index in [0.29, 0.717) is 17.8 Å². The Morgan fingerprint density at radius 1 is 1.04 bits per heavy atom. The number of carbonyl (C=O) groups excluding carboxylic acids is 1. The lowest BCUT2D eigenvalue weighted by Gasteiger charge is -2.12. The third kappa shape index (κ3) is 3.02. The fraction of sp³-hybridized carbons (Fsp3) is 0.136. The standard InChI is InChI=1S/C22H20N2O2/c1-15-7-9-18(10-8-15)23-22(25)20-13-21-19(11-12-26-21)24(20)14-17-6-4-3-5-16(17)2/h3-13H,14H2,1-2H3,(H,23,25). The van der Waals surface area contributed by atoms with Crippen LogP contribution in [-0.2, 0) is 6.54 Å². The Kier molecular flexibility index (Phi) is 4.09. The van der Waals surface area contributed by atoms with E-state index >= 15 is 0 Å². The van der Waals surface area contributed by atoms with Crippen molar-refractivity contribution >= 4 is 22.7 Å². The predicted octanol–water partition coefficient (Wildman–Crippen LogP) is 5.15. The first kappa shape index (κ1) is 16.2. The molecule has 130 valence electrons. The molecule has 0 bridgehead atoms. The SMILES string of the molecule is Cc1ccc(NC(=O)c2cc3occc3n2Cc2ccccc2C)cc1. The van der Waals surface area contributed by atoms with Crippen molar-refractivity contribution in [3.63, 3.8) is 0 Å². The van der Waals surface area contributed by atoms with Crippen molar-refractivity contribution in [2.75, 3.05) is 5.32 Å². The van der Waals surface area contributed by atoms with Crippen LogP contribution in [0.5, 0.6) is 0 Å². The van der Waals surface area contributed by atoms with Crippen molar-refractivity contribution in [2.45, 2.75) is 20.4 Å². The molecule has 0 atom stereocenters. The molecule has 4 heteroatoms. The fourth-order valence-corrected chi connectivity index (χ4v) is 3.13. The molecule has 0 unspecified atom stereocenters. The van der Waals surface area contributed by atoms with Gasteiger partial charge in [0.1, 0.15) is 5.69 Å². The lowest BCUT2D eigenvalue weighted by atomic mass is 10.1. The second-order valence-electron chi connectivity index (χ2n) is 6.53. The van der Waals surface area contributed by atoms with Crippen molar-refractivity contribution in [3.8, 4) is 0 Å². The van der Waals surface area contributed by atoms with Crippen LogP contribution in [0.4, 0.5) is 5.69 Å². The number of furan rings is 1. The van der Waals surface area contributed by atoms with Crippen LogP contribution in [0.2, 0.25) is 0 Å². The van der Waals surface area contributed by atoms with Gasteiger partial charge in [-0.2, -0.15) is 0 Å². The van der Waals surface area contributed by atoms with E-state index in [2.05, 4.69) is 24.4 Å². The molecule has 4 nitrogen and oxygen atoms in total. The molecular weight excluding hydrogens is 324 g/mol. The Labute approximate surface area is 152 Å². The molecule has 0 fully saturated rings. The fourth-order valence-electron chi connectivity index (χ4n) is 3.13. The number of amides is 1. The van der Waals surface area contributed by atoms with Crippen LogP contribution in [0, 0.1) is 13.8 Å². The van der Waals surface area contributed by atoms with Crippen LogP contribution < -0.4 is 5.32 Å². The highest BCUT2D eigenvalue weighted by molar-refractivity contribution is 6.05. The average Bonchev–Trinajstić information content (AvgIpc) is 3.21. The van der Waals surface area contributed by atoms with Crippen molar-refractivity contribution in [1.29, 1.82) is 0 Å². The molecule has 4 rings (SSSR count). The van der Waals surface area contributed by atoms with Gasteiger partial charge in [0.05, 0.1) is 11.8 Å². The Balaban J connectivity index is 1.70. The van der Waals surface area contributed by atoms with E-state index in [1.165, 1.54) is 11.1 Å². The summed E-state index contributed by atoms with van der Waals surface area (Å²) in [5.74, 6) is -0.145. The van der Waals surface area contributed by atoms with Gasteiger partial charge in [-0.15, -0.1) is 0 Å². The Bertz CT molecular complexity index is 1070. The predicted molar refractivity (Wildman–Crippen MR) is 104 cm³/mol. The minimum Gasteiger partial charge on any atom is -0.463 e. The first-order chi connectivity index (χ1) is 12.6. The summed E-state index contributed by atoms with van der Waals surface area (Å²) >= 11 is 0. The van der Waals surface area contributed by atoms with Crippen LogP contribution >= 0.6 is 0 Å². The summed E-state index contributed by atoms with van der Waals surface area (Å²) in [5.41, 5.74) is 6.53. The topological polar surface area (TPSA) is 47.2 Å². The van der Waals surface area contributed by atoms with Crippen LogP contribution in [0.1, 0.15) is 27.2 Å². The first-order valence-electron chi connectivity index (χ1n) is 8.61. The van der Waals surface area contributed by atoms with E-state index in [-0.39, 0.29) is 5.91 Å². The van der Waals surface area contributed by atoms with Gasteiger partial charge in [-0.1, -0.05) is 42.0 Å². The number of rotatable bonds is 4. The molecule has 0 saturated heterocycles. The molecule has 1 amide bonds. The lowest BCUT2D eigenvalue weighted by Crippen LogP contribution is -2.17. The molecular formula is C22H20N2O2. The van der Waals surface area contributed by atoms with Crippen molar-refractivity contribution in [1.82, 2.24) is 4.57 Å². The van der Waals surface area contributed by atoms with E-state index in [0.717, 1.165) is 16.8 Å². The number of hydrogen-bond donors (Lipinski definition) is 1. The molecule has 0 aliphatic rings. The zero-order valence-electron chi connectivity index (χ0n) is 14.8. The zero-order valence-corrected chi connectivity index (χ0v) is 14.8. The molecule has 0 radical (unpaired) electrons. The van der Waals surface area contributed by atoms with Gasteiger partial charge in [0.15, 0.2) is 5.58 Å². The van der Waals surface area contributed by atoms with Crippen LogP contribution in [0.25, 0.3) is 11.1 Å². The summed E-state index contributed by atoms with van der Waals surface area (Å²) in [6, 6.07) is 19.7. The third-order valence-electron chi connectivity index (χ3n) is 4.65. The van der Waals surface area contributed by atoms with Crippen LogP contribution in [0.3, 0.4) is 0 Å². The molecule has 26 heavy (non-hydrogen) atoms. The molecule has 0 spiro atoms. The normalized spacial score (nSPS) is 11.0. The second-order valence-corrected chi connectivity index (χ2v) is 6.53. The number of nitrogens with one attached hydrogen (secondary N) is 1. The zero-order chi connectivity index (χ0) is 18.1. The maximum atomic E-state index is 12.9. The monoisotopic (exact) mass is 344 g/mol. The van der Waals surface area contributed by atoms with Crippen LogP contribution in [-0.4, -0.2) is 10.5 Å². The molecule has 2 aromatic carbocycles. The highest BCUT2D eigenvalue weighted by atomic mass is 16.3. The molecule has 0 saturated carbocycles. The highest BCUT2D eigenvalue weighted by Crippen LogP contribution is 2.24. The lowest BCUT2D eigenvalue weighted by molar-refractivity contribution is 0.101. The largest absolute Gasteiger partial charge is 0.463 e. The summed E-state index contributed by atoms with van der Waals surface area (Å²) in [4.78, 5) is 12.9. The molecule has 2 heterocycles. The van der Waals surface area contributed by atoms with E-state index < -0.39 is 0 Å². The minimum atomic E-state index is -0.145. The van der Waals surface area contributed by atoms with E-state index in [4.69, 9.17) is 4.42 Å². The second kappa shape index (κ2) is 6.56. The van der Waals surface area contributed by atoms with Gasteiger partial charge >= 0.3 is 0 Å². The Morgan fingerprint density at radius 2 is 1.81 bits per heavy atom. The van der Waals surface area contributed by atoms with E-state index in [1.807, 2.05) is 54.0 Å². The van der Waals surface area contributed by atoms with Crippen LogP contribution in [0.15, 0.2) is 71.3 Å². The maximum absolute atomic E-state index is 12.9. The molecule has 1 N–H and O–H groups in total. The van der Waals surface area contributed by atoms with Gasteiger partial charge in [-0.25, -0.2) is 0 Å². The Morgan fingerprint density at radius 3 is 2.58 bits per heavy atom. The summed E-state index contributed by atoms with van der Waals surface area (Å²) < 4.78 is 7.53. The molecule has 0 aliphatic carbocycles. The number of fused-ring (bicyclic) bond motifs is 1. The molecule has 2 aromatic heterocycles. The van der Waals surface area contributed by atoms with Crippen molar-refractivity contribution in [2.24, 2.45) is 0 Å².